The molecule has 0 saturated heterocycles. The van der Waals surface area contributed by atoms with Crippen molar-refractivity contribution in [2.75, 3.05) is 19.0 Å². The summed E-state index contributed by atoms with van der Waals surface area (Å²) in [4.78, 5) is 2.15. The second-order valence-electron chi connectivity index (χ2n) is 3.00. The lowest BCUT2D eigenvalue weighted by Crippen LogP contribution is -2.08. The summed E-state index contributed by atoms with van der Waals surface area (Å²) in [6.45, 7) is 0. The van der Waals surface area contributed by atoms with Gasteiger partial charge in [-0.25, -0.2) is 0 Å². The van der Waals surface area contributed by atoms with Gasteiger partial charge in [0.1, 0.15) is 0 Å². The van der Waals surface area contributed by atoms with Gasteiger partial charge in [-0.1, -0.05) is 6.07 Å². The molecule has 0 radical (unpaired) electrons. The second-order valence-corrected chi connectivity index (χ2v) is 3.95. The number of hydrogen-bond acceptors (Lipinski definition) is 2. The molecule has 0 saturated carbocycles. The predicted molar refractivity (Wildman–Crippen MR) is 56.2 cm³/mol. The highest BCUT2D eigenvalue weighted by molar-refractivity contribution is 7.17. The van der Waals surface area contributed by atoms with Gasteiger partial charge in [-0.15, -0.1) is 11.3 Å². The van der Waals surface area contributed by atoms with E-state index in [2.05, 4.69) is 48.6 Å². The average Bonchev–Trinajstić information content (AvgIpc) is 2.49. The molecule has 1 nitrogen and oxygen atoms in total. The molecule has 2 heteroatoms. The van der Waals surface area contributed by atoms with Crippen LogP contribution in [0.3, 0.4) is 0 Å². The van der Waals surface area contributed by atoms with E-state index in [1.54, 1.807) is 11.3 Å². The Kier molecular flexibility index (Phi) is 1.77. The summed E-state index contributed by atoms with van der Waals surface area (Å²) >= 11 is 1.79. The smallest absolute Gasteiger partial charge is 0.0449 e. The predicted octanol–water partition coefficient (Wildman–Crippen LogP) is 2.97. The lowest BCUT2D eigenvalue weighted by molar-refractivity contribution is 1.14. The van der Waals surface area contributed by atoms with Crippen LogP contribution in [0, 0.1) is 0 Å². The van der Waals surface area contributed by atoms with E-state index in [0.717, 1.165) is 0 Å². The van der Waals surface area contributed by atoms with E-state index in [1.807, 2.05) is 0 Å². The van der Waals surface area contributed by atoms with Crippen LogP contribution in [0.1, 0.15) is 0 Å². The van der Waals surface area contributed by atoms with E-state index in [4.69, 9.17) is 0 Å². The summed E-state index contributed by atoms with van der Waals surface area (Å²) in [5, 5.41) is 3.49. The first-order chi connectivity index (χ1) is 5.79. The van der Waals surface area contributed by atoms with Gasteiger partial charge in [0.15, 0.2) is 0 Å². The molecule has 12 heavy (non-hydrogen) atoms. The van der Waals surface area contributed by atoms with Crippen LogP contribution in [-0.2, 0) is 0 Å². The van der Waals surface area contributed by atoms with Gasteiger partial charge in [0.2, 0.25) is 0 Å². The first kappa shape index (κ1) is 7.62. The van der Waals surface area contributed by atoms with Crippen LogP contribution >= 0.6 is 11.3 Å². The molecule has 0 aliphatic rings. The highest BCUT2D eigenvalue weighted by atomic mass is 32.1. The van der Waals surface area contributed by atoms with Gasteiger partial charge in [0.25, 0.3) is 0 Å². The third-order valence-electron chi connectivity index (χ3n) is 1.95. The van der Waals surface area contributed by atoms with E-state index in [9.17, 15) is 0 Å². The number of anilines is 1. The van der Waals surface area contributed by atoms with Crippen LogP contribution in [0.5, 0.6) is 0 Å². The number of fused-ring (bicyclic) bond motifs is 1. The van der Waals surface area contributed by atoms with Crippen LogP contribution in [-0.4, -0.2) is 14.1 Å². The zero-order valence-electron chi connectivity index (χ0n) is 7.24. The molecule has 2 rings (SSSR count). The lowest BCUT2D eigenvalue weighted by atomic mass is 10.2. The second kappa shape index (κ2) is 2.79. The van der Waals surface area contributed by atoms with E-state index in [0.29, 0.717) is 0 Å². The van der Waals surface area contributed by atoms with Crippen LogP contribution in [0.4, 0.5) is 5.69 Å². The van der Waals surface area contributed by atoms with Gasteiger partial charge in [-0.05, 0) is 23.6 Å². The Morgan fingerprint density at radius 3 is 2.75 bits per heavy atom. The monoisotopic (exact) mass is 177 g/mol. The zero-order valence-corrected chi connectivity index (χ0v) is 8.06. The van der Waals surface area contributed by atoms with Gasteiger partial charge in [0.05, 0.1) is 0 Å². The Morgan fingerprint density at radius 2 is 2.00 bits per heavy atom. The van der Waals surface area contributed by atoms with Crippen molar-refractivity contribution in [3.05, 3.63) is 29.6 Å². The van der Waals surface area contributed by atoms with Crippen molar-refractivity contribution in [1.29, 1.82) is 0 Å². The number of hydrogen-bond donors (Lipinski definition) is 0. The summed E-state index contributed by atoms with van der Waals surface area (Å²) in [6, 6.07) is 8.59. The van der Waals surface area contributed by atoms with Crippen molar-refractivity contribution >= 4 is 27.1 Å². The molecule has 0 fully saturated rings. The number of thiophene rings is 1. The van der Waals surface area contributed by atoms with Gasteiger partial charge < -0.3 is 4.90 Å². The molecular weight excluding hydrogens is 166 g/mol. The van der Waals surface area contributed by atoms with Gasteiger partial charge in [-0.2, -0.15) is 0 Å². The van der Waals surface area contributed by atoms with Crippen molar-refractivity contribution in [3.63, 3.8) is 0 Å². The highest BCUT2D eigenvalue weighted by Crippen LogP contribution is 2.28. The standard InChI is InChI=1S/C10H11NS/c1-11(2)9-4-3-5-10-8(9)6-7-12-10/h3-7H,1-2H3. The molecule has 0 spiro atoms. The zero-order chi connectivity index (χ0) is 8.55. The molecule has 0 atom stereocenters. The maximum atomic E-state index is 2.18. The number of rotatable bonds is 1. The molecule has 2 aromatic rings. The summed E-state index contributed by atoms with van der Waals surface area (Å²) in [5.41, 5.74) is 1.30. The van der Waals surface area contributed by atoms with Crippen molar-refractivity contribution < 1.29 is 0 Å². The molecule has 0 amide bonds. The maximum Gasteiger partial charge on any atom is 0.0449 e. The maximum absolute atomic E-state index is 2.18. The Bertz CT molecular complexity index is 389. The SMILES string of the molecule is CN(C)c1cccc2sccc12. The third-order valence-corrected chi connectivity index (χ3v) is 2.84. The van der Waals surface area contributed by atoms with E-state index < -0.39 is 0 Å². The van der Waals surface area contributed by atoms with Crippen LogP contribution in [0.15, 0.2) is 29.6 Å². The topological polar surface area (TPSA) is 3.24 Å². The normalized spacial score (nSPS) is 10.5. The molecule has 0 aliphatic carbocycles. The Balaban J connectivity index is 2.73. The van der Waals surface area contributed by atoms with E-state index in [-0.39, 0.29) is 0 Å². The fourth-order valence-corrected chi connectivity index (χ4v) is 2.18. The third kappa shape index (κ3) is 1.08. The molecule has 1 aromatic heterocycles. The van der Waals surface area contributed by atoms with Crippen molar-refractivity contribution in [2.45, 2.75) is 0 Å². The number of nitrogens with zero attached hydrogens (tertiary/aromatic N) is 1. The lowest BCUT2D eigenvalue weighted by Gasteiger charge is -2.13. The van der Waals surface area contributed by atoms with Crippen molar-refractivity contribution in [2.24, 2.45) is 0 Å². The molecule has 0 unspecified atom stereocenters. The first-order valence-corrected chi connectivity index (χ1v) is 4.80. The largest absolute Gasteiger partial charge is 0.377 e. The minimum atomic E-state index is 1.30. The molecule has 0 N–H and O–H groups in total. The van der Waals surface area contributed by atoms with E-state index >= 15 is 0 Å². The fourth-order valence-electron chi connectivity index (χ4n) is 1.37. The first-order valence-electron chi connectivity index (χ1n) is 3.92. The molecule has 1 aromatic carbocycles. The average molecular weight is 177 g/mol. The Morgan fingerprint density at radius 1 is 1.17 bits per heavy atom. The van der Waals surface area contributed by atoms with Crippen molar-refractivity contribution in [1.82, 2.24) is 0 Å². The van der Waals surface area contributed by atoms with Crippen LogP contribution < -0.4 is 4.90 Å². The molecule has 1 heterocycles. The summed E-state index contributed by atoms with van der Waals surface area (Å²) in [6.07, 6.45) is 0. The van der Waals surface area contributed by atoms with Gasteiger partial charge in [-0.3, -0.25) is 0 Å². The fraction of sp³-hybridized carbons (Fsp3) is 0.200. The Labute approximate surface area is 76.2 Å². The summed E-state index contributed by atoms with van der Waals surface area (Å²) in [7, 11) is 4.15. The minimum Gasteiger partial charge on any atom is -0.377 e. The van der Waals surface area contributed by atoms with Gasteiger partial charge >= 0.3 is 0 Å². The Hall–Kier alpha value is -1.02. The highest BCUT2D eigenvalue weighted by Gasteiger charge is 2.01. The van der Waals surface area contributed by atoms with E-state index in [1.165, 1.54) is 15.8 Å². The molecule has 0 aliphatic heterocycles. The molecule has 62 valence electrons. The summed E-state index contributed by atoms with van der Waals surface area (Å²) in [5.74, 6) is 0. The van der Waals surface area contributed by atoms with Crippen molar-refractivity contribution in [3.8, 4) is 0 Å². The minimum absolute atomic E-state index is 1.30. The van der Waals surface area contributed by atoms with Gasteiger partial charge in [0, 0.05) is 29.9 Å². The number of benzene rings is 1. The van der Waals surface area contributed by atoms with Crippen LogP contribution in [0.25, 0.3) is 10.1 Å². The molecular formula is C10H11NS. The summed E-state index contributed by atoms with van der Waals surface area (Å²) < 4.78 is 1.36. The quantitative estimate of drug-likeness (QED) is 0.647. The molecule has 0 bridgehead atoms. The van der Waals surface area contributed by atoms with Crippen LogP contribution in [0.2, 0.25) is 0 Å².